The summed E-state index contributed by atoms with van der Waals surface area (Å²) in [4.78, 5) is 0. The van der Waals surface area contributed by atoms with E-state index in [9.17, 15) is 0 Å². The van der Waals surface area contributed by atoms with Gasteiger partial charge in [0.2, 0.25) is 0 Å². The first kappa shape index (κ1) is 21.9. The van der Waals surface area contributed by atoms with Gasteiger partial charge in [-0.25, -0.2) is 15.5 Å². The number of hydrogen-bond acceptors (Lipinski definition) is 0. The molecular weight excluding hydrogens is 337 g/mol. The molecule has 2 heteroatoms. The zero-order chi connectivity index (χ0) is 20.1. The summed E-state index contributed by atoms with van der Waals surface area (Å²) >= 11 is 0. The van der Waals surface area contributed by atoms with Crippen LogP contribution < -0.4 is 15.5 Å². The first-order chi connectivity index (χ1) is 13.7. The van der Waals surface area contributed by atoms with Crippen molar-refractivity contribution in [1.29, 1.82) is 0 Å². The molecule has 0 saturated heterocycles. The van der Waals surface area contributed by atoms with Crippen LogP contribution in [-0.2, 0) is 7.05 Å². The number of benzene rings is 2. The molecule has 0 aliphatic carbocycles. The van der Waals surface area contributed by atoms with Crippen molar-refractivity contribution in [3.05, 3.63) is 91.3 Å². The molecule has 3 rings (SSSR count). The molecule has 0 spiro atoms. The normalized spacial score (nSPS) is 10.8. The Kier molecular flexibility index (Phi) is 9.55. The summed E-state index contributed by atoms with van der Waals surface area (Å²) in [6.07, 6.45) is 11.2. The average Bonchev–Trinajstić information content (AvgIpc) is 2.76. The number of pyridine rings is 1. The van der Waals surface area contributed by atoms with Crippen LogP contribution >= 0.6 is 0 Å². The molecule has 0 aliphatic rings. The molecule has 148 valence electrons. The van der Waals surface area contributed by atoms with Crippen LogP contribution in [0.2, 0.25) is 12.6 Å². The lowest BCUT2D eigenvalue weighted by Gasteiger charge is -2.42. The molecule has 0 amide bonds. The van der Waals surface area contributed by atoms with Gasteiger partial charge in [-0.1, -0.05) is 106 Å². The Labute approximate surface area is 172 Å². The number of unbranched alkanes of at least 4 members (excludes halogenated alkanes) is 2. The third-order valence-electron chi connectivity index (χ3n) is 5.84. The molecule has 3 aromatic rings. The predicted molar refractivity (Wildman–Crippen MR) is 125 cm³/mol. The Hall–Kier alpha value is -2.35. The number of aromatic nitrogens is 1. The fourth-order valence-electron chi connectivity index (χ4n) is 4.24. The van der Waals surface area contributed by atoms with Gasteiger partial charge in [-0.2, -0.15) is 12.6 Å². The summed E-state index contributed by atoms with van der Waals surface area (Å²) in [6, 6.07) is 28.5. The van der Waals surface area contributed by atoms with E-state index in [1.165, 1.54) is 38.3 Å². The van der Waals surface area contributed by atoms with Crippen LogP contribution in [0.1, 0.15) is 39.5 Å². The van der Waals surface area contributed by atoms with Crippen molar-refractivity contribution in [3.8, 4) is 0 Å². The molecule has 28 heavy (non-hydrogen) atoms. The monoisotopic (exact) mass is 373 g/mol. The minimum absolute atomic E-state index is 0.611. The molecule has 1 heterocycles. The molecule has 1 aromatic heterocycles. The summed E-state index contributed by atoms with van der Waals surface area (Å²) in [5.41, 5.74) is 3.09. The van der Waals surface area contributed by atoms with Crippen molar-refractivity contribution in [2.24, 2.45) is 7.05 Å². The summed E-state index contributed by atoms with van der Waals surface area (Å²) in [7, 11) is 2.00. The number of aryl methyl sites for hydroxylation is 1. The highest BCUT2D eigenvalue weighted by atomic mass is 14.9. The predicted octanol–water partition coefficient (Wildman–Crippen LogP) is 5.36. The minimum Gasteiger partial charge on any atom is -0.208 e. The molecule has 1 nitrogen and oxygen atoms in total. The fourth-order valence-corrected chi connectivity index (χ4v) is 4.24. The van der Waals surface area contributed by atoms with Gasteiger partial charge in [0.05, 0.1) is 6.15 Å². The lowest BCUT2D eigenvalue weighted by molar-refractivity contribution is -0.671. The van der Waals surface area contributed by atoms with Crippen molar-refractivity contribution in [2.75, 3.05) is 0 Å². The van der Waals surface area contributed by atoms with E-state index < -0.39 is 6.15 Å². The summed E-state index contributed by atoms with van der Waals surface area (Å²) in [6.45, 7) is 4.60. The molecule has 2 aromatic carbocycles. The van der Waals surface area contributed by atoms with Gasteiger partial charge in [-0.3, -0.25) is 0 Å². The molecule has 0 fully saturated rings. The van der Waals surface area contributed by atoms with Crippen LogP contribution in [0.4, 0.5) is 0 Å². The largest absolute Gasteiger partial charge is 0.208 e. The highest BCUT2D eigenvalue weighted by molar-refractivity contribution is 7.02. The maximum Gasteiger partial charge on any atom is 0.168 e. The van der Waals surface area contributed by atoms with Gasteiger partial charge >= 0.3 is 0 Å². The Morgan fingerprint density at radius 2 is 1.00 bits per heavy atom. The van der Waals surface area contributed by atoms with Crippen LogP contribution in [0.5, 0.6) is 0 Å². The van der Waals surface area contributed by atoms with E-state index >= 15 is 0 Å². The number of hydrogen-bond donors (Lipinski definition) is 0. The summed E-state index contributed by atoms with van der Waals surface area (Å²) < 4.78 is 2.00. The van der Waals surface area contributed by atoms with E-state index in [0.29, 0.717) is 0 Å². The zero-order valence-corrected chi connectivity index (χ0v) is 17.9. The zero-order valence-electron chi connectivity index (χ0n) is 17.9. The second-order valence-electron chi connectivity index (χ2n) is 7.90. The van der Waals surface area contributed by atoms with Crippen LogP contribution in [0.3, 0.4) is 0 Å². The van der Waals surface area contributed by atoms with Gasteiger partial charge in [0, 0.05) is 12.1 Å². The number of rotatable bonds is 8. The van der Waals surface area contributed by atoms with E-state index in [4.69, 9.17) is 0 Å². The molecule has 0 aliphatic heterocycles. The van der Waals surface area contributed by atoms with Crippen molar-refractivity contribution >= 4 is 17.1 Å². The SMILES string of the molecule is CCCC[B-](CCCC)(c1ccccc1)c1ccccc1.C[n+]1ccccc1. The van der Waals surface area contributed by atoms with E-state index in [0.717, 1.165) is 0 Å². The number of nitrogens with zero attached hydrogens (tertiary/aromatic N) is 1. The lowest BCUT2D eigenvalue weighted by Crippen LogP contribution is -2.58. The standard InChI is InChI=1S/C20H28B.C6H8N/c1-3-5-17-21(18-6-4-2,19-13-9-7-10-14-19)20-15-11-8-12-16-20;1-7-5-3-2-4-6-7/h7-16H,3-6,17-18H2,1-2H3;2-6H,1H3/q-1;+1. The molecule has 0 radical (unpaired) electrons. The average molecular weight is 373 g/mol. The Balaban J connectivity index is 0.000000336. The van der Waals surface area contributed by atoms with Gasteiger partial charge in [0.25, 0.3) is 0 Å². The van der Waals surface area contributed by atoms with Gasteiger partial charge < -0.3 is 0 Å². The molecule has 0 saturated carbocycles. The van der Waals surface area contributed by atoms with Crippen molar-refractivity contribution < 1.29 is 4.57 Å². The Morgan fingerprint density at radius 1 is 0.607 bits per heavy atom. The molecule has 0 N–H and O–H groups in total. The van der Waals surface area contributed by atoms with E-state index in [1.807, 2.05) is 42.2 Å². The quantitative estimate of drug-likeness (QED) is 0.370. The van der Waals surface area contributed by atoms with E-state index in [-0.39, 0.29) is 0 Å². The maximum atomic E-state index is 2.35. The second-order valence-corrected chi connectivity index (χ2v) is 7.90. The molecule has 0 atom stereocenters. The fraction of sp³-hybridized carbons (Fsp3) is 0.346. The third-order valence-corrected chi connectivity index (χ3v) is 5.84. The smallest absolute Gasteiger partial charge is 0.168 e. The van der Waals surface area contributed by atoms with Crippen LogP contribution in [0.25, 0.3) is 0 Å². The second kappa shape index (κ2) is 12.2. The summed E-state index contributed by atoms with van der Waals surface area (Å²) in [5, 5.41) is 0. The lowest BCUT2D eigenvalue weighted by atomic mass is 9.15. The minimum atomic E-state index is -0.611. The highest BCUT2D eigenvalue weighted by Crippen LogP contribution is 2.22. The first-order valence-corrected chi connectivity index (χ1v) is 10.9. The van der Waals surface area contributed by atoms with E-state index in [2.05, 4.69) is 74.5 Å². The van der Waals surface area contributed by atoms with Crippen LogP contribution in [0, 0.1) is 0 Å². The van der Waals surface area contributed by atoms with Crippen molar-refractivity contribution in [2.45, 2.75) is 52.2 Å². The Morgan fingerprint density at radius 3 is 1.32 bits per heavy atom. The highest BCUT2D eigenvalue weighted by Gasteiger charge is 2.26. The topological polar surface area (TPSA) is 3.88 Å². The van der Waals surface area contributed by atoms with Gasteiger partial charge in [-0.05, 0) is 0 Å². The molecule has 0 bridgehead atoms. The summed E-state index contributed by atoms with van der Waals surface area (Å²) in [5.74, 6) is 0. The third kappa shape index (κ3) is 6.37. The van der Waals surface area contributed by atoms with Crippen LogP contribution in [-0.4, -0.2) is 6.15 Å². The van der Waals surface area contributed by atoms with Gasteiger partial charge in [-0.15, -0.1) is 0 Å². The molecule has 0 unspecified atom stereocenters. The Bertz CT molecular complexity index is 707. The first-order valence-electron chi connectivity index (χ1n) is 10.9. The van der Waals surface area contributed by atoms with Crippen molar-refractivity contribution in [3.63, 3.8) is 0 Å². The molecular formula is C26H36BN. The van der Waals surface area contributed by atoms with Gasteiger partial charge in [0.1, 0.15) is 7.05 Å². The van der Waals surface area contributed by atoms with E-state index in [1.54, 1.807) is 10.9 Å². The van der Waals surface area contributed by atoms with Gasteiger partial charge in [0.15, 0.2) is 12.4 Å². The maximum absolute atomic E-state index is 2.35. The van der Waals surface area contributed by atoms with Crippen LogP contribution in [0.15, 0.2) is 91.3 Å². The van der Waals surface area contributed by atoms with Crippen molar-refractivity contribution in [1.82, 2.24) is 0 Å².